The van der Waals surface area contributed by atoms with Gasteiger partial charge in [-0.15, -0.1) is 11.3 Å². The molecule has 2 N–H and O–H groups in total. The number of hydrogen-bond donors (Lipinski definition) is 1. The van der Waals surface area contributed by atoms with Gasteiger partial charge in [-0.05, 0) is 23.6 Å². The molecule has 0 bridgehead atoms. The third kappa shape index (κ3) is 3.13. The van der Waals surface area contributed by atoms with Crippen LogP contribution in [-0.2, 0) is 24.5 Å². The lowest BCUT2D eigenvalue weighted by molar-refractivity contribution is 0.106. The minimum atomic E-state index is 0.471. The summed E-state index contributed by atoms with van der Waals surface area (Å²) in [6, 6.07) is 9.92. The molecular weight excluding hydrogens is 220 g/mol. The predicted octanol–water partition coefficient (Wildman–Crippen LogP) is 2.32. The lowest BCUT2D eigenvalue weighted by Crippen LogP contribution is -2.02. The van der Waals surface area contributed by atoms with Crippen molar-refractivity contribution in [1.29, 1.82) is 0 Å². The van der Waals surface area contributed by atoms with Crippen LogP contribution in [0.5, 0.6) is 0 Å². The number of nitrogens with zero attached hydrogens (tertiary/aromatic N) is 1. The van der Waals surface area contributed by atoms with E-state index in [2.05, 4.69) is 11.1 Å². The standard InChI is InChI=1S/C12H14N2OS/c13-7-10-3-1-4-11(14-10)8-15-9-12-5-2-6-16-12/h1-6H,7-9,13H2. The normalized spacial score (nSPS) is 10.6. The minimum absolute atomic E-state index is 0.471. The molecule has 0 atom stereocenters. The summed E-state index contributed by atoms with van der Waals surface area (Å²) in [4.78, 5) is 5.59. The van der Waals surface area contributed by atoms with Gasteiger partial charge in [0.15, 0.2) is 0 Å². The Bertz CT molecular complexity index is 428. The summed E-state index contributed by atoms with van der Waals surface area (Å²) in [5.74, 6) is 0. The lowest BCUT2D eigenvalue weighted by atomic mass is 10.3. The number of nitrogens with two attached hydrogens (primary N) is 1. The second kappa shape index (κ2) is 5.75. The van der Waals surface area contributed by atoms with Crippen LogP contribution in [0.4, 0.5) is 0 Å². The fraction of sp³-hybridized carbons (Fsp3) is 0.250. The Hall–Kier alpha value is -1.23. The topological polar surface area (TPSA) is 48.1 Å². The van der Waals surface area contributed by atoms with E-state index in [1.165, 1.54) is 4.88 Å². The fourth-order valence-electron chi connectivity index (χ4n) is 1.37. The first-order valence-electron chi connectivity index (χ1n) is 5.13. The Labute approximate surface area is 98.9 Å². The first-order valence-corrected chi connectivity index (χ1v) is 6.01. The summed E-state index contributed by atoms with van der Waals surface area (Å²) in [6.45, 7) is 1.65. The van der Waals surface area contributed by atoms with Gasteiger partial charge in [-0.2, -0.15) is 0 Å². The molecule has 0 saturated carbocycles. The summed E-state index contributed by atoms with van der Waals surface area (Å²) in [5.41, 5.74) is 7.35. The van der Waals surface area contributed by atoms with E-state index in [-0.39, 0.29) is 0 Å². The van der Waals surface area contributed by atoms with Gasteiger partial charge < -0.3 is 10.5 Å². The van der Waals surface area contributed by atoms with Crippen LogP contribution in [0.2, 0.25) is 0 Å². The molecular formula is C12H14N2OS. The molecule has 2 aromatic rings. The van der Waals surface area contributed by atoms with Crippen LogP contribution in [0, 0.1) is 0 Å². The van der Waals surface area contributed by atoms with E-state index in [0.29, 0.717) is 19.8 Å². The zero-order valence-electron chi connectivity index (χ0n) is 8.93. The van der Waals surface area contributed by atoms with Crippen LogP contribution in [0.1, 0.15) is 16.3 Å². The number of ether oxygens (including phenoxy) is 1. The maximum Gasteiger partial charge on any atom is 0.0892 e. The van der Waals surface area contributed by atoms with Crippen LogP contribution in [0.3, 0.4) is 0 Å². The SMILES string of the molecule is NCc1cccc(COCc2cccs2)n1. The highest BCUT2D eigenvalue weighted by Gasteiger charge is 1.98. The number of hydrogen-bond acceptors (Lipinski definition) is 4. The quantitative estimate of drug-likeness (QED) is 0.863. The molecule has 0 amide bonds. The fourth-order valence-corrected chi connectivity index (χ4v) is 2.01. The van der Waals surface area contributed by atoms with Gasteiger partial charge >= 0.3 is 0 Å². The number of thiophene rings is 1. The number of rotatable bonds is 5. The van der Waals surface area contributed by atoms with Crippen molar-refractivity contribution < 1.29 is 4.74 Å². The molecule has 0 aromatic carbocycles. The third-order valence-corrected chi connectivity index (χ3v) is 3.00. The molecule has 0 saturated heterocycles. The van der Waals surface area contributed by atoms with Gasteiger partial charge in [0.2, 0.25) is 0 Å². The maximum absolute atomic E-state index is 5.57. The van der Waals surface area contributed by atoms with Crippen LogP contribution in [0.15, 0.2) is 35.7 Å². The molecule has 0 unspecified atom stereocenters. The Morgan fingerprint density at radius 3 is 2.75 bits per heavy atom. The van der Waals surface area contributed by atoms with Gasteiger partial charge in [0.1, 0.15) is 0 Å². The monoisotopic (exact) mass is 234 g/mol. The van der Waals surface area contributed by atoms with Crippen molar-refractivity contribution >= 4 is 11.3 Å². The van der Waals surface area contributed by atoms with Crippen molar-refractivity contribution in [1.82, 2.24) is 4.98 Å². The Morgan fingerprint density at radius 2 is 2.00 bits per heavy atom. The summed E-state index contributed by atoms with van der Waals surface area (Å²) in [5, 5.41) is 2.05. The first-order chi connectivity index (χ1) is 7.88. The maximum atomic E-state index is 5.57. The van der Waals surface area contributed by atoms with Gasteiger partial charge in [-0.25, -0.2) is 0 Å². The molecule has 0 fully saturated rings. The van der Waals surface area contributed by atoms with Crippen molar-refractivity contribution in [3.05, 3.63) is 52.0 Å². The molecule has 4 heteroatoms. The van der Waals surface area contributed by atoms with Crippen LogP contribution < -0.4 is 5.73 Å². The Balaban J connectivity index is 1.85. The average Bonchev–Trinajstić information content (AvgIpc) is 2.82. The van der Waals surface area contributed by atoms with Crippen molar-refractivity contribution in [2.45, 2.75) is 19.8 Å². The van der Waals surface area contributed by atoms with Gasteiger partial charge in [-0.3, -0.25) is 4.98 Å². The van der Waals surface area contributed by atoms with E-state index in [1.54, 1.807) is 11.3 Å². The lowest BCUT2D eigenvalue weighted by Gasteiger charge is -2.03. The van der Waals surface area contributed by atoms with Crippen LogP contribution in [-0.4, -0.2) is 4.98 Å². The molecule has 0 aliphatic heterocycles. The molecule has 3 nitrogen and oxygen atoms in total. The zero-order valence-corrected chi connectivity index (χ0v) is 9.74. The molecule has 0 radical (unpaired) electrons. The molecule has 84 valence electrons. The van der Waals surface area contributed by atoms with E-state index < -0.39 is 0 Å². The largest absolute Gasteiger partial charge is 0.370 e. The van der Waals surface area contributed by atoms with E-state index in [4.69, 9.17) is 10.5 Å². The van der Waals surface area contributed by atoms with E-state index in [0.717, 1.165) is 11.4 Å². The zero-order chi connectivity index (χ0) is 11.2. The van der Waals surface area contributed by atoms with Crippen molar-refractivity contribution in [3.8, 4) is 0 Å². The van der Waals surface area contributed by atoms with Gasteiger partial charge in [0, 0.05) is 11.4 Å². The van der Waals surface area contributed by atoms with Crippen molar-refractivity contribution in [2.24, 2.45) is 5.73 Å². The Kier molecular flexibility index (Phi) is 4.04. The second-order valence-corrected chi connectivity index (χ2v) is 4.43. The highest BCUT2D eigenvalue weighted by molar-refractivity contribution is 7.09. The van der Waals surface area contributed by atoms with E-state index in [1.807, 2.05) is 29.6 Å². The van der Waals surface area contributed by atoms with Crippen LogP contribution >= 0.6 is 11.3 Å². The third-order valence-electron chi connectivity index (χ3n) is 2.15. The molecule has 0 aliphatic carbocycles. The molecule has 16 heavy (non-hydrogen) atoms. The molecule has 0 aliphatic rings. The second-order valence-electron chi connectivity index (χ2n) is 3.40. The summed E-state index contributed by atoms with van der Waals surface area (Å²) < 4.78 is 5.57. The van der Waals surface area contributed by atoms with Gasteiger partial charge in [0.25, 0.3) is 0 Å². The van der Waals surface area contributed by atoms with Gasteiger partial charge in [0.05, 0.1) is 24.6 Å². The van der Waals surface area contributed by atoms with E-state index in [9.17, 15) is 0 Å². The highest BCUT2D eigenvalue weighted by Crippen LogP contribution is 2.10. The van der Waals surface area contributed by atoms with Gasteiger partial charge in [-0.1, -0.05) is 12.1 Å². The number of pyridine rings is 1. The van der Waals surface area contributed by atoms with Crippen molar-refractivity contribution in [2.75, 3.05) is 0 Å². The van der Waals surface area contributed by atoms with Crippen LogP contribution in [0.25, 0.3) is 0 Å². The summed E-state index contributed by atoms with van der Waals surface area (Å²) >= 11 is 1.70. The van der Waals surface area contributed by atoms with E-state index >= 15 is 0 Å². The number of aromatic nitrogens is 1. The summed E-state index contributed by atoms with van der Waals surface area (Å²) in [6.07, 6.45) is 0. The molecule has 2 aromatic heterocycles. The first kappa shape index (κ1) is 11.3. The van der Waals surface area contributed by atoms with Crippen molar-refractivity contribution in [3.63, 3.8) is 0 Å². The predicted molar refractivity (Wildman–Crippen MR) is 64.9 cm³/mol. The highest BCUT2D eigenvalue weighted by atomic mass is 32.1. The smallest absolute Gasteiger partial charge is 0.0892 e. The molecule has 0 spiro atoms. The molecule has 2 rings (SSSR count). The Morgan fingerprint density at radius 1 is 1.12 bits per heavy atom. The molecule has 2 heterocycles. The average molecular weight is 234 g/mol. The minimum Gasteiger partial charge on any atom is -0.370 e. The summed E-state index contributed by atoms with van der Waals surface area (Å²) in [7, 11) is 0.